The van der Waals surface area contributed by atoms with E-state index in [9.17, 15) is 0 Å². The molecule has 0 aromatic carbocycles. The second-order valence-electron chi connectivity index (χ2n) is 6.42. The van der Waals surface area contributed by atoms with Gasteiger partial charge in [0, 0.05) is 32.3 Å². The Morgan fingerprint density at radius 2 is 2.22 bits per heavy atom. The zero-order valence-electron chi connectivity index (χ0n) is 11.6. The van der Waals surface area contributed by atoms with Gasteiger partial charge in [0.1, 0.15) is 0 Å². The van der Waals surface area contributed by atoms with E-state index in [1.54, 1.807) is 0 Å². The molecule has 2 N–H and O–H groups in total. The fraction of sp³-hybridized carbons (Fsp3) is 1.00. The molecule has 3 atom stereocenters. The second kappa shape index (κ2) is 5.08. The molecule has 0 aromatic heterocycles. The second-order valence-corrected chi connectivity index (χ2v) is 6.42. The summed E-state index contributed by atoms with van der Waals surface area (Å²) in [5, 5.41) is 0. The molecule has 4 nitrogen and oxygen atoms in total. The van der Waals surface area contributed by atoms with E-state index in [0.717, 1.165) is 38.1 Å². The highest BCUT2D eigenvalue weighted by Gasteiger charge is 2.44. The van der Waals surface area contributed by atoms with Crippen LogP contribution in [0.4, 0.5) is 0 Å². The van der Waals surface area contributed by atoms with Crippen molar-refractivity contribution in [2.75, 3.05) is 46.4 Å². The van der Waals surface area contributed by atoms with Gasteiger partial charge in [-0.2, -0.15) is 0 Å². The average Bonchev–Trinajstić information content (AvgIpc) is 2.89. The number of nitrogens with zero attached hydrogens (tertiary/aromatic N) is 2. The summed E-state index contributed by atoms with van der Waals surface area (Å²) in [7, 11) is 2.30. The first-order valence-electron chi connectivity index (χ1n) is 7.48. The molecule has 0 spiro atoms. The number of hydrogen-bond donors (Lipinski definition) is 1. The van der Waals surface area contributed by atoms with Gasteiger partial charge in [0.05, 0.1) is 12.1 Å². The van der Waals surface area contributed by atoms with Crippen LogP contribution in [0.1, 0.15) is 25.7 Å². The maximum absolute atomic E-state index is 6.06. The number of rotatable bonds is 2. The average molecular weight is 253 g/mol. The third-order valence-corrected chi connectivity index (χ3v) is 5.48. The SMILES string of the molecule is CN1CCCC2CN(C3(CN)CCOC3)CCC21. The van der Waals surface area contributed by atoms with Crippen LogP contribution >= 0.6 is 0 Å². The maximum Gasteiger partial charge on any atom is 0.0663 e. The van der Waals surface area contributed by atoms with Crippen molar-refractivity contribution < 1.29 is 4.74 Å². The molecule has 0 saturated carbocycles. The van der Waals surface area contributed by atoms with Crippen molar-refractivity contribution in [3.63, 3.8) is 0 Å². The summed E-state index contributed by atoms with van der Waals surface area (Å²) in [6.45, 7) is 6.20. The Morgan fingerprint density at radius 3 is 2.94 bits per heavy atom. The molecule has 3 saturated heterocycles. The molecule has 18 heavy (non-hydrogen) atoms. The van der Waals surface area contributed by atoms with Gasteiger partial charge in [0.2, 0.25) is 0 Å². The van der Waals surface area contributed by atoms with Gasteiger partial charge in [0.25, 0.3) is 0 Å². The monoisotopic (exact) mass is 253 g/mol. The van der Waals surface area contributed by atoms with Gasteiger partial charge in [-0.15, -0.1) is 0 Å². The van der Waals surface area contributed by atoms with E-state index >= 15 is 0 Å². The predicted octanol–water partition coefficient (Wildman–Crippen LogP) is 0.520. The Balaban J connectivity index is 1.69. The standard InChI is InChI=1S/C14H27N3O/c1-16-6-2-3-12-9-17(7-4-13(12)16)14(10-15)5-8-18-11-14/h12-13H,2-11,15H2,1H3. The molecule has 3 fully saturated rings. The molecule has 0 radical (unpaired) electrons. The van der Waals surface area contributed by atoms with E-state index in [1.807, 2.05) is 0 Å². The van der Waals surface area contributed by atoms with Crippen molar-refractivity contribution in [2.24, 2.45) is 11.7 Å². The largest absolute Gasteiger partial charge is 0.379 e. The molecule has 3 aliphatic heterocycles. The number of likely N-dealkylation sites (tertiary alicyclic amines) is 2. The third kappa shape index (κ3) is 2.09. The lowest BCUT2D eigenvalue weighted by Crippen LogP contribution is -2.62. The van der Waals surface area contributed by atoms with Crippen molar-refractivity contribution >= 4 is 0 Å². The minimum atomic E-state index is 0.154. The van der Waals surface area contributed by atoms with Gasteiger partial charge in [-0.3, -0.25) is 4.90 Å². The van der Waals surface area contributed by atoms with Gasteiger partial charge >= 0.3 is 0 Å². The number of fused-ring (bicyclic) bond motifs is 1. The van der Waals surface area contributed by atoms with Gasteiger partial charge in [-0.05, 0) is 45.2 Å². The van der Waals surface area contributed by atoms with Gasteiger partial charge < -0.3 is 15.4 Å². The third-order valence-electron chi connectivity index (χ3n) is 5.48. The molecule has 0 aliphatic carbocycles. The first kappa shape index (κ1) is 12.9. The Morgan fingerprint density at radius 1 is 1.33 bits per heavy atom. The van der Waals surface area contributed by atoms with E-state index in [-0.39, 0.29) is 5.54 Å². The minimum absolute atomic E-state index is 0.154. The summed E-state index contributed by atoms with van der Waals surface area (Å²) in [6.07, 6.45) is 5.18. The molecule has 0 bridgehead atoms. The number of nitrogens with two attached hydrogens (primary N) is 1. The molecule has 3 unspecified atom stereocenters. The van der Waals surface area contributed by atoms with Crippen LogP contribution in [0.5, 0.6) is 0 Å². The van der Waals surface area contributed by atoms with Crippen molar-refractivity contribution in [3.8, 4) is 0 Å². The molecule has 3 heterocycles. The molecule has 0 amide bonds. The predicted molar refractivity (Wildman–Crippen MR) is 72.6 cm³/mol. The summed E-state index contributed by atoms with van der Waals surface area (Å²) in [5.74, 6) is 0.849. The fourth-order valence-corrected chi connectivity index (χ4v) is 4.22. The van der Waals surface area contributed by atoms with E-state index in [1.165, 1.54) is 38.9 Å². The van der Waals surface area contributed by atoms with Gasteiger partial charge in [-0.1, -0.05) is 0 Å². The van der Waals surface area contributed by atoms with Crippen LogP contribution in [0, 0.1) is 5.92 Å². The Bertz CT molecular complexity index is 291. The molecule has 4 heteroatoms. The van der Waals surface area contributed by atoms with E-state index < -0.39 is 0 Å². The zero-order chi connectivity index (χ0) is 12.6. The van der Waals surface area contributed by atoms with Crippen molar-refractivity contribution in [3.05, 3.63) is 0 Å². The van der Waals surface area contributed by atoms with Crippen LogP contribution in [0.3, 0.4) is 0 Å². The zero-order valence-corrected chi connectivity index (χ0v) is 11.6. The highest BCUT2D eigenvalue weighted by molar-refractivity contribution is 5.00. The van der Waals surface area contributed by atoms with Crippen molar-refractivity contribution in [1.29, 1.82) is 0 Å². The van der Waals surface area contributed by atoms with Crippen molar-refractivity contribution in [2.45, 2.75) is 37.3 Å². The van der Waals surface area contributed by atoms with Crippen LogP contribution in [0.15, 0.2) is 0 Å². The smallest absolute Gasteiger partial charge is 0.0663 e. The van der Waals surface area contributed by atoms with Crippen LogP contribution in [0.2, 0.25) is 0 Å². The quantitative estimate of drug-likeness (QED) is 0.779. The molecule has 104 valence electrons. The van der Waals surface area contributed by atoms with Gasteiger partial charge in [-0.25, -0.2) is 0 Å². The molecular formula is C14H27N3O. The first-order chi connectivity index (χ1) is 8.75. The number of ether oxygens (including phenoxy) is 1. The van der Waals surface area contributed by atoms with Gasteiger partial charge in [0.15, 0.2) is 0 Å². The molecule has 3 aliphatic rings. The normalized spacial score (nSPS) is 43.0. The molecule has 0 aromatic rings. The highest BCUT2D eigenvalue weighted by Crippen LogP contribution is 2.35. The lowest BCUT2D eigenvalue weighted by Gasteiger charge is -2.50. The van der Waals surface area contributed by atoms with E-state index in [2.05, 4.69) is 16.8 Å². The summed E-state index contributed by atoms with van der Waals surface area (Å²) in [5.41, 5.74) is 6.22. The van der Waals surface area contributed by atoms with Crippen LogP contribution in [-0.2, 0) is 4.74 Å². The summed E-state index contributed by atoms with van der Waals surface area (Å²) < 4.78 is 5.63. The fourth-order valence-electron chi connectivity index (χ4n) is 4.22. The number of piperidine rings is 2. The Labute approximate surface area is 110 Å². The number of hydrogen-bond acceptors (Lipinski definition) is 4. The molecular weight excluding hydrogens is 226 g/mol. The topological polar surface area (TPSA) is 41.7 Å². The summed E-state index contributed by atoms with van der Waals surface area (Å²) >= 11 is 0. The van der Waals surface area contributed by atoms with Crippen LogP contribution in [-0.4, -0.2) is 67.8 Å². The molecule has 3 rings (SSSR count). The lowest BCUT2D eigenvalue weighted by molar-refractivity contribution is -0.0174. The first-order valence-corrected chi connectivity index (χ1v) is 7.48. The lowest BCUT2D eigenvalue weighted by atomic mass is 9.81. The summed E-state index contributed by atoms with van der Waals surface area (Å²) in [4.78, 5) is 5.23. The Kier molecular flexibility index (Phi) is 3.63. The van der Waals surface area contributed by atoms with E-state index in [0.29, 0.717) is 0 Å². The van der Waals surface area contributed by atoms with Crippen molar-refractivity contribution in [1.82, 2.24) is 9.80 Å². The maximum atomic E-state index is 6.06. The van der Waals surface area contributed by atoms with Crippen LogP contribution < -0.4 is 5.73 Å². The Hall–Kier alpha value is -0.160. The van der Waals surface area contributed by atoms with Crippen LogP contribution in [0.25, 0.3) is 0 Å². The van der Waals surface area contributed by atoms with E-state index in [4.69, 9.17) is 10.5 Å². The summed E-state index contributed by atoms with van der Waals surface area (Å²) in [6, 6.07) is 0.812. The highest BCUT2D eigenvalue weighted by atomic mass is 16.5. The minimum Gasteiger partial charge on any atom is -0.379 e.